The van der Waals surface area contributed by atoms with Gasteiger partial charge in [0, 0.05) is 25.7 Å². The van der Waals surface area contributed by atoms with Gasteiger partial charge in [0.15, 0.2) is 0 Å². The highest BCUT2D eigenvalue weighted by atomic mass is 15.1. The van der Waals surface area contributed by atoms with Crippen LogP contribution in [0.1, 0.15) is 41.5 Å². The highest BCUT2D eigenvalue weighted by molar-refractivity contribution is 4.72. The van der Waals surface area contributed by atoms with E-state index in [2.05, 4.69) is 46.4 Å². The van der Waals surface area contributed by atoms with Crippen molar-refractivity contribution in [2.24, 2.45) is 23.5 Å². The Morgan fingerprint density at radius 2 is 1.20 bits per heavy atom. The van der Waals surface area contributed by atoms with Gasteiger partial charge < -0.3 is 10.6 Å². The summed E-state index contributed by atoms with van der Waals surface area (Å²) in [6, 6.07) is 0.308. The lowest BCUT2D eigenvalue weighted by atomic mass is 10.0. The maximum atomic E-state index is 6.13. The standard InChI is InChI=1S/C13H30N2/c1-10(2)7-15(8-11(3)4)9-13(14)12(5)6/h10-13H,7-9,14H2,1-6H3/t13-/m1/s1. The molecule has 0 rings (SSSR count). The molecule has 0 radical (unpaired) electrons. The van der Waals surface area contributed by atoms with Crippen molar-refractivity contribution in [3.8, 4) is 0 Å². The number of nitrogens with zero attached hydrogens (tertiary/aromatic N) is 1. The first-order valence-corrected chi connectivity index (χ1v) is 6.30. The Morgan fingerprint density at radius 3 is 1.47 bits per heavy atom. The molecule has 0 bridgehead atoms. The fraction of sp³-hybridized carbons (Fsp3) is 1.00. The lowest BCUT2D eigenvalue weighted by molar-refractivity contribution is 0.195. The molecule has 92 valence electrons. The Morgan fingerprint density at radius 1 is 0.800 bits per heavy atom. The zero-order valence-corrected chi connectivity index (χ0v) is 11.5. The Labute approximate surface area is 96.2 Å². The smallest absolute Gasteiger partial charge is 0.0191 e. The first kappa shape index (κ1) is 14.9. The summed E-state index contributed by atoms with van der Waals surface area (Å²) in [6.45, 7) is 16.9. The molecule has 0 heterocycles. The molecule has 2 nitrogen and oxygen atoms in total. The molecule has 0 spiro atoms. The number of hydrogen-bond donors (Lipinski definition) is 1. The largest absolute Gasteiger partial charge is 0.326 e. The van der Waals surface area contributed by atoms with E-state index < -0.39 is 0 Å². The fourth-order valence-corrected chi connectivity index (χ4v) is 1.77. The Hall–Kier alpha value is -0.0800. The Kier molecular flexibility index (Phi) is 7.20. The molecule has 0 unspecified atom stereocenters. The minimum atomic E-state index is 0.308. The second-order valence-electron chi connectivity index (χ2n) is 5.91. The van der Waals surface area contributed by atoms with Crippen molar-refractivity contribution in [3.05, 3.63) is 0 Å². The lowest BCUT2D eigenvalue weighted by Gasteiger charge is -2.30. The van der Waals surface area contributed by atoms with Crippen LogP contribution in [0.15, 0.2) is 0 Å². The van der Waals surface area contributed by atoms with E-state index in [4.69, 9.17) is 5.73 Å². The second kappa shape index (κ2) is 7.24. The summed E-state index contributed by atoms with van der Waals surface area (Å²) < 4.78 is 0. The van der Waals surface area contributed by atoms with Gasteiger partial charge >= 0.3 is 0 Å². The van der Waals surface area contributed by atoms with Gasteiger partial charge in [0.25, 0.3) is 0 Å². The zero-order valence-electron chi connectivity index (χ0n) is 11.5. The highest BCUT2D eigenvalue weighted by Crippen LogP contribution is 2.07. The van der Waals surface area contributed by atoms with E-state index >= 15 is 0 Å². The van der Waals surface area contributed by atoms with Crippen molar-refractivity contribution < 1.29 is 0 Å². The van der Waals surface area contributed by atoms with Crippen LogP contribution in [0.3, 0.4) is 0 Å². The number of hydrogen-bond acceptors (Lipinski definition) is 2. The van der Waals surface area contributed by atoms with E-state index in [0.717, 1.165) is 18.4 Å². The van der Waals surface area contributed by atoms with Crippen molar-refractivity contribution in [2.75, 3.05) is 19.6 Å². The molecule has 1 atom stereocenters. The first-order chi connectivity index (χ1) is 6.82. The molecule has 0 aliphatic heterocycles. The predicted molar refractivity (Wildman–Crippen MR) is 68.9 cm³/mol. The average Bonchev–Trinajstić information content (AvgIpc) is 2.00. The average molecular weight is 214 g/mol. The van der Waals surface area contributed by atoms with Gasteiger partial charge in [-0.15, -0.1) is 0 Å². The molecule has 0 saturated carbocycles. The fourth-order valence-electron chi connectivity index (χ4n) is 1.77. The van der Waals surface area contributed by atoms with Crippen LogP contribution in [0.4, 0.5) is 0 Å². The van der Waals surface area contributed by atoms with Gasteiger partial charge in [-0.25, -0.2) is 0 Å². The SMILES string of the molecule is CC(C)CN(CC(C)C)C[C@@H](N)C(C)C. The van der Waals surface area contributed by atoms with Gasteiger partial charge in [0.1, 0.15) is 0 Å². The third-order valence-corrected chi connectivity index (χ3v) is 2.57. The van der Waals surface area contributed by atoms with E-state index in [1.165, 1.54) is 13.1 Å². The van der Waals surface area contributed by atoms with Crippen molar-refractivity contribution >= 4 is 0 Å². The summed E-state index contributed by atoms with van der Waals surface area (Å²) in [5.41, 5.74) is 6.13. The van der Waals surface area contributed by atoms with Crippen LogP contribution < -0.4 is 5.73 Å². The molecule has 0 amide bonds. The van der Waals surface area contributed by atoms with Gasteiger partial charge in [-0.05, 0) is 17.8 Å². The summed E-state index contributed by atoms with van der Waals surface area (Å²) in [5.74, 6) is 2.03. The molecular weight excluding hydrogens is 184 g/mol. The van der Waals surface area contributed by atoms with Gasteiger partial charge in [0.2, 0.25) is 0 Å². The minimum Gasteiger partial charge on any atom is -0.326 e. The van der Waals surface area contributed by atoms with E-state index in [0.29, 0.717) is 12.0 Å². The molecule has 0 aromatic rings. The molecule has 0 fully saturated rings. The van der Waals surface area contributed by atoms with Crippen LogP contribution in [-0.4, -0.2) is 30.6 Å². The Bertz CT molecular complexity index is 143. The maximum absolute atomic E-state index is 6.13. The van der Waals surface area contributed by atoms with Gasteiger partial charge in [-0.2, -0.15) is 0 Å². The molecule has 2 heteroatoms. The minimum absolute atomic E-state index is 0.308. The van der Waals surface area contributed by atoms with Crippen LogP contribution in [-0.2, 0) is 0 Å². The van der Waals surface area contributed by atoms with Crippen LogP contribution in [0, 0.1) is 17.8 Å². The van der Waals surface area contributed by atoms with Gasteiger partial charge in [-0.3, -0.25) is 0 Å². The van der Waals surface area contributed by atoms with E-state index in [-0.39, 0.29) is 0 Å². The third-order valence-electron chi connectivity index (χ3n) is 2.57. The molecule has 15 heavy (non-hydrogen) atoms. The quantitative estimate of drug-likeness (QED) is 0.706. The van der Waals surface area contributed by atoms with E-state index in [9.17, 15) is 0 Å². The molecule has 0 aromatic carbocycles. The van der Waals surface area contributed by atoms with Crippen LogP contribution in [0.25, 0.3) is 0 Å². The van der Waals surface area contributed by atoms with E-state index in [1.54, 1.807) is 0 Å². The number of rotatable bonds is 7. The first-order valence-electron chi connectivity index (χ1n) is 6.30. The van der Waals surface area contributed by atoms with Gasteiger partial charge in [-0.1, -0.05) is 41.5 Å². The van der Waals surface area contributed by atoms with Crippen LogP contribution >= 0.6 is 0 Å². The van der Waals surface area contributed by atoms with Crippen molar-refractivity contribution in [2.45, 2.75) is 47.6 Å². The molecule has 0 aliphatic rings. The summed E-state index contributed by atoms with van der Waals surface area (Å²) >= 11 is 0. The number of nitrogens with two attached hydrogens (primary N) is 1. The molecule has 0 aliphatic carbocycles. The zero-order chi connectivity index (χ0) is 12.0. The molecule has 0 saturated heterocycles. The molecule has 0 aromatic heterocycles. The summed E-state index contributed by atoms with van der Waals surface area (Å²) in [5, 5.41) is 0. The summed E-state index contributed by atoms with van der Waals surface area (Å²) in [6.07, 6.45) is 0. The van der Waals surface area contributed by atoms with E-state index in [1.807, 2.05) is 0 Å². The van der Waals surface area contributed by atoms with Crippen LogP contribution in [0.5, 0.6) is 0 Å². The Balaban J connectivity index is 4.11. The van der Waals surface area contributed by atoms with Crippen molar-refractivity contribution in [1.29, 1.82) is 0 Å². The second-order valence-corrected chi connectivity index (χ2v) is 5.91. The monoisotopic (exact) mass is 214 g/mol. The van der Waals surface area contributed by atoms with Crippen molar-refractivity contribution in [3.63, 3.8) is 0 Å². The van der Waals surface area contributed by atoms with Gasteiger partial charge in [0.05, 0.1) is 0 Å². The summed E-state index contributed by atoms with van der Waals surface area (Å²) in [4.78, 5) is 2.51. The molecular formula is C13H30N2. The lowest BCUT2D eigenvalue weighted by Crippen LogP contribution is -2.43. The summed E-state index contributed by atoms with van der Waals surface area (Å²) in [7, 11) is 0. The topological polar surface area (TPSA) is 29.3 Å². The van der Waals surface area contributed by atoms with Crippen molar-refractivity contribution in [1.82, 2.24) is 4.90 Å². The predicted octanol–water partition coefficient (Wildman–Crippen LogP) is 2.58. The maximum Gasteiger partial charge on any atom is 0.0191 e. The normalized spacial score (nSPS) is 14.6. The van der Waals surface area contributed by atoms with Crippen LogP contribution in [0.2, 0.25) is 0 Å². The molecule has 2 N–H and O–H groups in total. The third kappa shape index (κ3) is 7.80. The highest BCUT2D eigenvalue weighted by Gasteiger charge is 2.15.